The quantitative estimate of drug-likeness (QED) is 0.164. The van der Waals surface area contributed by atoms with E-state index in [0.717, 1.165) is 78.0 Å². The van der Waals surface area contributed by atoms with Gasteiger partial charge in [-0.1, -0.05) is 115 Å². The molecule has 0 radical (unpaired) electrons. The summed E-state index contributed by atoms with van der Waals surface area (Å²) in [7, 11) is 0. The number of ether oxygens (including phenoxy) is 1. The lowest BCUT2D eigenvalue weighted by Crippen LogP contribution is -2.21. The zero-order chi connectivity index (χ0) is 33.9. The fourth-order valence-electron chi connectivity index (χ4n) is 7.49. The van der Waals surface area contributed by atoms with Gasteiger partial charge in [-0.05, 0) is 82.2 Å². The SMILES string of the molecule is Ic1ccc(-c2cc(-c3ccccc3)nc(-c3cc(C4=CC=CC5c6ccccc6OC45)cc(-c4cccc5c4oc4ccccc45)c3)n2)cc1. The zero-order valence-electron chi connectivity index (χ0n) is 27.3. The van der Waals surface area contributed by atoms with Crippen LogP contribution in [0.15, 0.2) is 168 Å². The van der Waals surface area contributed by atoms with E-state index < -0.39 is 0 Å². The molecule has 2 aromatic heterocycles. The maximum absolute atomic E-state index is 6.67. The van der Waals surface area contributed by atoms with Crippen LogP contribution >= 0.6 is 22.6 Å². The van der Waals surface area contributed by atoms with Crippen molar-refractivity contribution in [3.63, 3.8) is 0 Å². The molecule has 8 aromatic rings. The van der Waals surface area contributed by atoms with Gasteiger partial charge >= 0.3 is 0 Å². The molecule has 2 atom stereocenters. The largest absolute Gasteiger partial charge is 0.484 e. The van der Waals surface area contributed by atoms with Crippen molar-refractivity contribution in [1.29, 1.82) is 0 Å². The molecule has 2 unspecified atom stereocenters. The van der Waals surface area contributed by atoms with Gasteiger partial charge in [0.2, 0.25) is 0 Å². The average molecular weight is 769 g/mol. The third-order valence-corrected chi connectivity index (χ3v) is 10.7. The summed E-state index contributed by atoms with van der Waals surface area (Å²) in [4.78, 5) is 10.5. The van der Waals surface area contributed by atoms with Gasteiger partial charge in [-0.15, -0.1) is 0 Å². The van der Waals surface area contributed by atoms with Crippen LogP contribution in [-0.4, -0.2) is 16.1 Å². The molecule has 0 saturated heterocycles. The normalized spacial score (nSPS) is 16.1. The summed E-state index contributed by atoms with van der Waals surface area (Å²) in [5, 5.41) is 2.19. The summed E-state index contributed by atoms with van der Waals surface area (Å²) in [5.41, 5.74) is 11.9. The minimum Gasteiger partial charge on any atom is -0.484 e. The van der Waals surface area contributed by atoms with Crippen LogP contribution in [0.5, 0.6) is 5.75 Å². The Balaban J connectivity index is 1.20. The molecule has 4 nitrogen and oxygen atoms in total. The molecule has 5 heteroatoms. The van der Waals surface area contributed by atoms with Crippen molar-refractivity contribution in [1.82, 2.24) is 9.97 Å². The molecule has 0 saturated carbocycles. The van der Waals surface area contributed by atoms with Gasteiger partial charge in [0, 0.05) is 53.7 Å². The van der Waals surface area contributed by atoms with E-state index in [0.29, 0.717) is 5.82 Å². The molecule has 242 valence electrons. The van der Waals surface area contributed by atoms with Crippen LogP contribution in [0.4, 0.5) is 0 Å². The highest BCUT2D eigenvalue weighted by Gasteiger charge is 2.37. The minimum atomic E-state index is -0.142. The standard InChI is InChI=1S/C46H29IN2O2/c47-33-22-20-29(21-23-33)41-27-40(28-10-2-1-3-11-28)48-46(49-41)32-25-30(34-14-8-16-38-36-12-4-6-18-42(36)50-44(34)38)24-31(26-32)35-15-9-17-39-37-13-5-7-19-43(37)51-45(35)39/h1-27,38,44H. The zero-order valence-corrected chi connectivity index (χ0v) is 29.5. The Morgan fingerprint density at radius 3 is 2.14 bits per heavy atom. The monoisotopic (exact) mass is 768 g/mol. The number of rotatable bonds is 5. The molecule has 3 heterocycles. The topological polar surface area (TPSA) is 48.2 Å². The number of fused-ring (bicyclic) bond motifs is 6. The average Bonchev–Trinajstić information content (AvgIpc) is 3.77. The molecule has 0 spiro atoms. The second-order valence-electron chi connectivity index (χ2n) is 13.0. The summed E-state index contributed by atoms with van der Waals surface area (Å²) in [6.45, 7) is 0. The van der Waals surface area contributed by atoms with Crippen LogP contribution < -0.4 is 4.74 Å². The first-order valence-corrected chi connectivity index (χ1v) is 18.1. The van der Waals surface area contributed by atoms with Gasteiger partial charge < -0.3 is 9.15 Å². The molecule has 6 aromatic carbocycles. The molecule has 51 heavy (non-hydrogen) atoms. The Kier molecular flexibility index (Phi) is 7.20. The molecule has 0 fully saturated rings. The first-order valence-electron chi connectivity index (χ1n) is 17.1. The van der Waals surface area contributed by atoms with E-state index in [1.54, 1.807) is 0 Å². The van der Waals surface area contributed by atoms with Crippen molar-refractivity contribution in [3.8, 4) is 50.8 Å². The Hall–Kier alpha value is -5.79. The van der Waals surface area contributed by atoms with E-state index in [9.17, 15) is 0 Å². The molecular weight excluding hydrogens is 739 g/mol. The number of nitrogens with zero attached hydrogens (tertiary/aromatic N) is 2. The molecule has 10 rings (SSSR count). The number of benzene rings is 6. The third kappa shape index (κ3) is 5.27. The number of halogens is 1. The number of hydrogen-bond acceptors (Lipinski definition) is 4. The van der Waals surface area contributed by atoms with Crippen molar-refractivity contribution < 1.29 is 9.15 Å². The van der Waals surface area contributed by atoms with Gasteiger partial charge in [-0.2, -0.15) is 0 Å². The summed E-state index contributed by atoms with van der Waals surface area (Å²) >= 11 is 2.34. The lowest BCUT2D eigenvalue weighted by molar-refractivity contribution is 0.278. The highest BCUT2D eigenvalue weighted by atomic mass is 127. The summed E-state index contributed by atoms with van der Waals surface area (Å²) in [5.74, 6) is 1.73. The van der Waals surface area contributed by atoms with E-state index in [1.165, 1.54) is 9.13 Å². The molecule has 2 aliphatic rings. The van der Waals surface area contributed by atoms with Crippen LogP contribution in [0.3, 0.4) is 0 Å². The van der Waals surface area contributed by atoms with Gasteiger partial charge in [0.25, 0.3) is 0 Å². The van der Waals surface area contributed by atoms with E-state index in [1.807, 2.05) is 36.4 Å². The summed E-state index contributed by atoms with van der Waals surface area (Å²) in [6, 6.07) is 50.6. The van der Waals surface area contributed by atoms with E-state index >= 15 is 0 Å². The first-order chi connectivity index (χ1) is 25.2. The highest BCUT2D eigenvalue weighted by Crippen LogP contribution is 2.47. The maximum atomic E-state index is 6.67. The van der Waals surface area contributed by atoms with Crippen LogP contribution in [-0.2, 0) is 0 Å². The van der Waals surface area contributed by atoms with Crippen molar-refractivity contribution in [2.75, 3.05) is 0 Å². The van der Waals surface area contributed by atoms with Crippen LogP contribution in [0.1, 0.15) is 17.0 Å². The maximum Gasteiger partial charge on any atom is 0.160 e. The predicted molar refractivity (Wildman–Crippen MR) is 214 cm³/mol. The Bertz CT molecular complexity index is 2690. The van der Waals surface area contributed by atoms with Crippen molar-refractivity contribution in [3.05, 3.63) is 179 Å². The Labute approximate surface area is 308 Å². The minimum absolute atomic E-state index is 0.136. The number of furan rings is 1. The van der Waals surface area contributed by atoms with Gasteiger partial charge in [-0.3, -0.25) is 0 Å². The van der Waals surface area contributed by atoms with Gasteiger partial charge in [-0.25, -0.2) is 9.97 Å². The lowest BCUT2D eigenvalue weighted by atomic mass is 9.83. The van der Waals surface area contributed by atoms with Crippen LogP contribution in [0.25, 0.3) is 72.5 Å². The second-order valence-corrected chi connectivity index (χ2v) is 14.3. The third-order valence-electron chi connectivity index (χ3n) is 9.93. The summed E-state index contributed by atoms with van der Waals surface area (Å²) in [6.07, 6.45) is 6.46. The fraction of sp³-hybridized carbons (Fsp3) is 0.0435. The molecule has 0 bridgehead atoms. The van der Waals surface area contributed by atoms with Gasteiger partial charge in [0.1, 0.15) is 23.0 Å². The number of allylic oxidation sites excluding steroid dienone is 2. The highest BCUT2D eigenvalue weighted by molar-refractivity contribution is 14.1. The predicted octanol–water partition coefficient (Wildman–Crippen LogP) is 12.1. The van der Waals surface area contributed by atoms with Crippen LogP contribution in [0.2, 0.25) is 0 Å². The van der Waals surface area contributed by atoms with Crippen molar-refractivity contribution >= 4 is 50.1 Å². The summed E-state index contributed by atoms with van der Waals surface area (Å²) < 4.78 is 14.4. The molecule has 0 N–H and O–H groups in total. The van der Waals surface area contributed by atoms with Crippen molar-refractivity contribution in [2.24, 2.45) is 0 Å². The van der Waals surface area contributed by atoms with E-state index in [4.69, 9.17) is 19.1 Å². The Morgan fingerprint density at radius 1 is 0.569 bits per heavy atom. The molecule has 0 amide bonds. The number of hydrogen-bond donors (Lipinski definition) is 0. The smallest absolute Gasteiger partial charge is 0.160 e. The molecular formula is C46H29IN2O2. The second kappa shape index (κ2) is 12.2. The van der Waals surface area contributed by atoms with E-state index in [2.05, 4.69) is 150 Å². The molecule has 1 aliphatic carbocycles. The fourth-order valence-corrected chi connectivity index (χ4v) is 7.85. The first kappa shape index (κ1) is 30.1. The number of para-hydroxylation sites is 3. The van der Waals surface area contributed by atoms with Gasteiger partial charge in [0.15, 0.2) is 5.82 Å². The number of aromatic nitrogens is 2. The van der Waals surface area contributed by atoms with E-state index in [-0.39, 0.29) is 12.0 Å². The van der Waals surface area contributed by atoms with Crippen molar-refractivity contribution in [2.45, 2.75) is 12.0 Å². The lowest BCUT2D eigenvalue weighted by Gasteiger charge is -2.24. The van der Waals surface area contributed by atoms with Crippen LogP contribution in [0, 0.1) is 3.57 Å². The van der Waals surface area contributed by atoms with Gasteiger partial charge in [0.05, 0.1) is 11.4 Å². The molecule has 1 aliphatic heterocycles. The Morgan fingerprint density at radius 2 is 1.27 bits per heavy atom.